The van der Waals surface area contributed by atoms with Gasteiger partial charge in [-0.15, -0.1) is 53.6 Å². The molecule has 0 saturated heterocycles. The summed E-state index contributed by atoms with van der Waals surface area (Å²) >= 11 is 0. The third-order valence-electron chi connectivity index (χ3n) is 12.5. The first kappa shape index (κ1) is 36.3. The Labute approximate surface area is 426 Å². The van der Waals surface area contributed by atoms with E-state index in [4.69, 9.17) is 21.7 Å². The fraction of sp³-hybridized carbons (Fsp3) is 0.210. The molecule has 11 aromatic rings. The van der Waals surface area contributed by atoms with Crippen LogP contribution in [-0.2, 0) is 25.5 Å². The maximum absolute atomic E-state index is 8.65. The van der Waals surface area contributed by atoms with Crippen molar-refractivity contribution in [3.8, 4) is 39.6 Å². The van der Waals surface area contributed by atoms with E-state index in [0.717, 1.165) is 55.1 Å². The second-order valence-corrected chi connectivity index (χ2v) is 18.9. The molecule has 11 rings (SSSR count). The molecular formula is C62H56IrN4O-2. The van der Waals surface area contributed by atoms with Crippen LogP contribution in [0, 0.1) is 32.7 Å². The van der Waals surface area contributed by atoms with Gasteiger partial charge in [0.15, 0.2) is 0 Å². The molecule has 0 bridgehead atoms. The standard InChI is InChI=1S/C46H37N2O.C16H19N2.Ir/c1-27(2)37-24-33(30-14-7-6-8-15-30)25-38(28(3)4)44(37)48-43-29(5)13-11-20-41(43)47-46(48)36-19-12-18-35-40-23-32-22-21-31-16-9-10-17-34(31)39(32)26-42(40)49-45(35)36;1-11-6-8-13(9-7-11)15-17-10-12(2)14(18-15)16(3,4)5;/h6-18,20-28H,1-5H3;6-8,10H,1-5H3;/q2*-1;/i5D3;1D3,2D3;. The van der Waals surface area contributed by atoms with Crippen LogP contribution < -0.4 is 0 Å². The average molecular weight is 1070 g/mol. The summed E-state index contributed by atoms with van der Waals surface area (Å²) in [7, 11) is 0. The molecule has 0 atom stereocenters. The van der Waals surface area contributed by atoms with Gasteiger partial charge < -0.3 is 8.98 Å². The van der Waals surface area contributed by atoms with E-state index >= 15 is 0 Å². The molecule has 0 amide bonds. The number of hydrogen-bond acceptors (Lipinski definition) is 4. The predicted molar refractivity (Wildman–Crippen MR) is 280 cm³/mol. The Kier molecular flexibility index (Phi) is 9.84. The van der Waals surface area contributed by atoms with Crippen molar-refractivity contribution < 1.29 is 36.9 Å². The van der Waals surface area contributed by atoms with E-state index < -0.39 is 26.0 Å². The minimum Gasteiger partial charge on any atom is -0.501 e. The Bertz CT molecular complexity index is 3970. The van der Waals surface area contributed by atoms with Gasteiger partial charge in [-0.05, 0) is 111 Å². The molecule has 5 nitrogen and oxygen atoms in total. The van der Waals surface area contributed by atoms with E-state index in [-0.39, 0.29) is 48.6 Å². The maximum atomic E-state index is 8.65. The molecule has 8 aromatic carbocycles. The number of fused-ring (bicyclic) bond motifs is 7. The fourth-order valence-corrected chi connectivity index (χ4v) is 9.18. The van der Waals surface area contributed by atoms with Gasteiger partial charge in [0.25, 0.3) is 0 Å². The zero-order valence-corrected chi connectivity index (χ0v) is 41.4. The average Bonchev–Trinajstić information content (AvgIpc) is 4.05. The van der Waals surface area contributed by atoms with Crippen LogP contribution in [0.3, 0.4) is 0 Å². The van der Waals surface area contributed by atoms with Crippen LogP contribution in [0.1, 0.15) is 106 Å². The molecule has 0 N–H and O–H groups in total. The minimum absolute atomic E-state index is 0. The van der Waals surface area contributed by atoms with Gasteiger partial charge >= 0.3 is 0 Å². The second kappa shape index (κ2) is 18.4. The summed E-state index contributed by atoms with van der Waals surface area (Å²) in [4.78, 5) is 13.8. The SMILES string of the molecule is [2H]C([2H])([2H])c1c[c-]c(-c2ncc(C([2H])([2H])[2H])c(C(C)(C)C)n2)cc1.[2H]C([2H])([2H])c1cccc2nc(-c3[c-]ccc4c3oc3cc5c(ccc6ccccc65)cc34)n(-c3c(C(C)C)cc(-c4ccccc4)cc3C(C)C)c12.[Ir]. The van der Waals surface area contributed by atoms with E-state index in [1.807, 2.05) is 45.0 Å². The Balaban J connectivity index is 0.000000244. The largest absolute Gasteiger partial charge is 0.501 e. The number of imidazole rings is 1. The molecule has 0 fully saturated rings. The number of aromatic nitrogens is 4. The Hall–Kier alpha value is -6.72. The van der Waals surface area contributed by atoms with Crippen LogP contribution in [0.15, 0.2) is 150 Å². The van der Waals surface area contributed by atoms with Crippen LogP contribution in [0.4, 0.5) is 0 Å². The van der Waals surface area contributed by atoms with Gasteiger partial charge in [-0.2, -0.15) is 0 Å². The van der Waals surface area contributed by atoms with Gasteiger partial charge in [-0.1, -0.05) is 145 Å². The molecule has 0 spiro atoms. The van der Waals surface area contributed by atoms with Crippen LogP contribution >= 0.6 is 0 Å². The number of nitrogens with zero attached hydrogens (tertiary/aromatic N) is 4. The second-order valence-electron chi connectivity index (χ2n) is 18.9. The van der Waals surface area contributed by atoms with E-state index in [2.05, 4.69) is 139 Å². The van der Waals surface area contributed by atoms with Crippen LogP contribution in [-0.4, -0.2) is 19.5 Å². The Morgan fingerprint density at radius 3 is 2.10 bits per heavy atom. The number of rotatable bonds is 6. The predicted octanol–water partition coefficient (Wildman–Crippen LogP) is 16.8. The number of furan rings is 1. The molecular weight excluding hydrogens is 1010 g/mol. The molecule has 341 valence electrons. The first-order chi connectivity index (χ1) is 35.9. The van der Waals surface area contributed by atoms with E-state index in [9.17, 15) is 0 Å². The molecule has 1 radical (unpaired) electrons. The van der Waals surface area contributed by atoms with Crippen LogP contribution in [0.2, 0.25) is 0 Å². The zero-order chi connectivity index (χ0) is 54.2. The minimum atomic E-state index is -2.37. The zero-order valence-electron chi connectivity index (χ0n) is 48.0. The fourth-order valence-electron chi connectivity index (χ4n) is 9.18. The summed E-state index contributed by atoms with van der Waals surface area (Å²) in [6.45, 7) is 7.58. The number of aryl methyl sites for hydroxylation is 3. The van der Waals surface area contributed by atoms with Crippen molar-refractivity contribution in [3.63, 3.8) is 0 Å². The van der Waals surface area contributed by atoms with Gasteiger partial charge in [-0.25, -0.2) is 0 Å². The summed E-state index contributed by atoms with van der Waals surface area (Å²) < 4.78 is 79.9. The Morgan fingerprint density at radius 2 is 1.40 bits per heavy atom. The molecule has 0 aliphatic heterocycles. The van der Waals surface area contributed by atoms with Gasteiger partial charge in [0, 0.05) is 60.8 Å². The molecule has 3 heterocycles. The van der Waals surface area contributed by atoms with Crippen molar-refractivity contribution >= 4 is 54.5 Å². The molecule has 0 aliphatic carbocycles. The molecule has 0 saturated carbocycles. The molecule has 0 unspecified atom stereocenters. The summed E-state index contributed by atoms with van der Waals surface area (Å²) in [6, 6.07) is 52.3. The van der Waals surface area contributed by atoms with E-state index in [1.54, 1.807) is 18.2 Å². The molecule has 0 aliphatic rings. The third kappa shape index (κ3) is 8.46. The summed E-state index contributed by atoms with van der Waals surface area (Å²) in [6.07, 6.45) is 1.32. The third-order valence-corrected chi connectivity index (χ3v) is 12.5. The van der Waals surface area contributed by atoms with E-state index in [0.29, 0.717) is 45.1 Å². The van der Waals surface area contributed by atoms with Crippen molar-refractivity contribution in [2.45, 2.75) is 86.3 Å². The van der Waals surface area contributed by atoms with Crippen LogP contribution in [0.25, 0.3) is 94.1 Å². The first-order valence-electron chi connectivity index (χ1n) is 27.2. The normalized spacial score (nSPS) is 14.3. The van der Waals surface area contributed by atoms with Crippen molar-refractivity contribution in [2.75, 3.05) is 0 Å². The first-order valence-corrected chi connectivity index (χ1v) is 22.7. The summed E-state index contributed by atoms with van der Waals surface area (Å²) in [5.74, 6) is 1.16. The van der Waals surface area contributed by atoms with Crippen molar-refractivity contribution in [2.24, 2.45) is 0 Å². The van der Waals surface area contributed by atoms with Gasteiger partial charge in [0.1, 0.15) is 5.58 Å². The number of para-hydroxylation sites is 1. The van der Waals surface area contributed by atoms with Crippen molar-refractivity contribution in [1.82, 2.24) is 19.5 Å². The quantitative estimate of drug-likeness (QED) is 0.123. The van der Waals surface area contributed by atoms with E-state index in [1.165, 1.54) is 29.1 Å². The monoisotopic (exact) mass is 1070 g/mol. The summed E-state index contributed by atoms with van der Waals surface area (Å²) in [5, 5.41) is 6.59. The number of benzene rings is 8. The summed E-state index contributed by atoms with van der Waals surface area (Å²) in [5.41, 5.74) is 9.82. The van der Waals surface area contributed by atoms with Gasteiger partial charge in [-0.3, -0.25) is 15.0 Å². The molecule has 3 aromatic heterocycles. The Morgan fingerprint density at radius 1 is 0.647 bits per heavy atom. The topological polar surface area (TPSA) is 56.7 Å². The van der Waals surface area contributed by atoms with Crippen molar-refractivity contribution in [1.29, 1.82) is 0 Å². The molecule has 68 heavy (non-hydrogen) atoms. The maximum Gasteiger partial charge on any atom is 0.121 e. The van der Waals surface area contributed by atoms with Crippen LogP contribution in [0.5, 0.6) is 0 Å². The van der Waals surface area contributed by atoms with Crippen molar-refractivity contribution in [3.05, 3.63) is 191 Å². The molecule has 6 heteroatoms. The smallest absolute Gasteiger partial charge is 0.121 e. The van der Waals surface area contributed by atoms with Gasteiger partial charge in [0.05, 0.1) is 28.3 Å². The number of hydrogen-bond donors (Lipinski definition) is 0. The van der Waals surface area contributed by atoms with Gasteiger partial charge in [0.2, 0.25) is 0 Å².